The van der Waals surface area contributed by atoms with Gasteiger partial charge >= 0.3 is 11.9 Å². The number of hydrogen-bond acceptors (Lipinski definition) is 6. The molecule has 0 atom stereocenters. The molecule has 34 heavy (non-hydrogen) atoms. The van der Waals surface area contributed by atoms with E-state index in [-0.39, 0.29) is 23.1 Å². The van der Waals surface area contributed by atoms with Crippen LogP contribution in [0.4, 0.5) is 5.69 Å². The highest BCUT2D eigenvalue weighted by molar-refractivity contribution is 6.33. The second-order valence-corrected chi connectivity index (χ2v) is 7.74. The summed E-state index contributed by atoms with van der Waals surface area (Å²) >= 11 is 5.93. The number of furan rings is 1. The number of carboxylic acid groups (broad SMARTS) is 1. The minimum absolute atomic E-state index is 0.0369. The summed E-state index contributed by atoms with van der Waals surface area (Å²) in [6.45, 7) is 3.66. The molecule has 4 rings (SSSR count). The fourth-order valence-corrected chi connectivity index (χ4v) is 3.61. The third kappa shape index (κ3) is 4.49. The maximum Gasteiger partial charge on any atom is 0.338 e. The molecule has 8 nitrogen and oxygen atoms in total. The lowest BCUT2D eigenvalue weighted by atomic mass is 10.1. The summed E-state index contributed by atoms with van der Waals surface area (Å²) in [5, 5.41) is 14.9. The second-order valence-electron chi connectivity index (χ2n) is 7.33. The van der Waals surface area contributed by atoms with E-state index >= 15 is 0 Å². The van der Waals surface area contributed by atoms with Crippen LogP contribution in [0.25, 0.3) is 17.4 Å². The Balaban J connectivity index is 1.60. The number of carboxylic acids is 1. The third-order valence-electron chi connectivity index (χ3n) is 5.06. The number of ether oxygens (including phenoxy) is 1. The molecule has 0 unspecified atom stereocenters. The Hall–Kier alpha value is -4.17. The number of benzene rings is 2. The van der Waals surface area contributed by atoms with Gasteiger partial charge in [0.1, 0.15) is 11.5 Å². The Bertz CT molecular complexity index is 1370. The van der Waals surface area contributed by atoms with Crippen LogP contribution in [0.1, 0.15) is 40.3 Å². The lowest BCUT2D eigenvalue weighted by Gasteiger charge is -2.12. The monoisotopic (exact) mass is 478 g/mol. The Morgan fingerprint density at radius 1 is 1.18 bits per heavy atom. The van der Waals surface area contributed by atoms with E-state index in [9.17, 15) is 19.5 Å². The first kappa shape index (κ1) is 23.0. The molecule has 2 heterocycles. The minimum Gasteiger partial charge on any atom is -0.478 e. The zero-order valence-corrected chi connectivity index (χ0v) is 19.0. The lowest BCUT2D eigenvalue weighted by molar-refractivity contribution is -0.114. The maximum absolute atomic E-state index is 13.1. The van der Waals surface area contributed by atoms with Crippen LogP contribution >= 0.6 is 11.6 Å². The molecular formula is C25H19ClN2O6. The summed E-state index contributed by atoms with van der Waals surface area (Å²) in [5.74, 6) is -1.19. The van der Waals surface area contributed by atoms with Gasteiger partial charge in [-0.15, -0.1) is 0 Å². The summed E-state index contributed by atoms with van der Waals surface area (Å²) in [6, 6.07) is 14.4. The van der Waals surface area contributed by atoms with Gasteiger partial charge in [0.15, 0.2) is 0 Å². The van der Waals surface area contributed by atoms with Crippen LogP contribution in [-0.2, 0) is 9.53 Å². The summed E-state index contributed by atoms with van der Waals surface area (Å²) in [4.78, 5) is 36.4. The molecule has 0 saturated heterocycles. The second kappa shape index (κ2) is 9.36. The van der Waals surface area contributed by atoms with Crippen molar-refractivity contribution in [3.63, 3.8) is 0 Å². The molecular weight excluding hydrogens is 460 g/mol. The zero-order chi connectivity index (χ0) is 24.4. The molecule has 0 bridgehead atoms. The number of anilines is 1. The zero-order valence-electron chi connectivity index (χ0n) is 18.2. The van der Waals surface area contributed by atoms with Crippen molar-refractivity contribution in [1.29, 1.82) is 0 Å². The highest BCUT2D eigenvalue weighted by Gasteiger charge is 2.29. The van der Waals surface area contributed by atoms with Gasteiger partial charge in [-0.05, 0) is 68.5 Å². The molecule has 1 aromatic heterocycles. The molecule has 1 amide bonds. The van der Waals surface area contributed by atoms with Crippen molar-refractivity contribution >= 4 is 46.9 Å². The quantitative estimate of drug-likeness (QED) is 0.381. The Kier molecular flexibility index (Phi) is 6.34. The fraction of sp³-hybridized carbons (Fsp3) is 0.120. The number of carbonyl (C=O) groups is 3. The van der Waals surface area contributed by atoms with E-state index < -0.39 is 11.9 Å². The number of carbonyl (C=O) groups excluding carboxylic acids is 2. The van der Waals surface area contributed by atoms with Crippen molar-refractivity contribution in [2.24, 2.45) is 5.10 Å². The van der Waals surface area contributed by atoms with Crippen molar-refractivity contribution in [1.82, 2.24) is 0 Å². The summed E-state index contributed by atoms with van der Waals surface area (Å²) in [7, 11) is 0. The molecule has 1 N–H and O–H groups in total. The molecule has 0 aliphatic carbocycles. The number of rotatable bonds is 6. The Morgan fingerprint density at radius 2 is 1.97 bits per heavy atom. The number of hydrogen-bond donors (Lipinski definition) is 1. The van der Waals surface area contributed by atoms with Crippen molar-refractivity contribution in [3.8, 4) is 11.3 Å². The van der Waals surface area contributed by atoms with Gasteiger partial charge in [-0.1, -0.05) is 17.7 Å². The molecule has 0 spiro atoms. The first-order valence-corrected chi connectivity index (χ1v) is 10.7. The largest absolute Gasteiger partial charge is 0.478 e. The molecule has 172 valence electrons. The van der Waals surface area contributed by atoms with E-state index in [1.807, 2.05) is 0 Å². The number of nitrogens with zero attached hydrogens (tertiary/aromatic N) is 2. The first-order valence-electron chi connectivity index (χ1n) is 10.3. The SMILES string of the molecule is CCOC(=O)c1cccc(N2N=C(C)/C(=C\c3ccc(-c4ccc(Cl)c(C(=O)O)c4)o3)C2=O)c1. The fourth-order valence-electron chi connectivity index (χ4n) is 3.41. The average molecular weight is 479 g/mol. The highest BCUT2D eigenvalue weighted by Crippen LogP contribution is 2.30. The number of halogens is 1. The minimum atomic E-state index is -1.14. The Morgan fingerprint density at radius 3 is 2.71 bits per heavy atom. The van der Waals surface area contributed by atoms with E-state index in [0.29, 0.717) is 39.6 Å². The van der Waals surface area contributed by atoms with Crippen LogP contribution in [0.3, 0.4) is 0 Å². The molecule has 1 aliphatic heterocycles. The van der Waals surface area contributed by atoms with Gasteiger partial charge in [0.25, 0.3) is 5.91 Å². The first-order chi connectivity index (χ1) is 16.3. The van der Waals surface area contributed by atoms with Crippen LogP contribution in [0.15, 0.2) is 69.7 Å². The number of amides is 1. The van der Waals surface area contributed by atoms with Gasteiger partial charge in [-0.3, -0.25) is 4.79 Å². The third-order valence-corrected chi connectivity index (χ3v) is 5.39. The van der Waals surface area contributed by atoms with Gasteiger partial charge in [0.05, 0.1) is 39.7 Å². The van der Waals surface area contributed by atoms with Gasteiger partial charge in [0.2, 0.25) is 0 Å². The number of esters is 1. The number of hydrazone groups is 1. The molecule has 2 aromatic carbocycles. The van der Waals surface area contributed by atoms with Crippen molar-refractivity contribution < 1.29 is 28.6 Å². The molecule has 0 radical (unpaired) electrons. The maximum atomic E-state index is 13.1. The molecule has 1 aliphatic rings. The topological polar surface area (TPSA) is 109 Å². The lowest BCUT2D eigenvalue weighted by Crippen LogP contribution is -2.21. The van der Waals surface area contributed by atoms with Gasteiger partial charge < -0.3 is 14.3 Å². The summed E-state index contributed by atoms with van der Waals surface area (Å²) in [6.07, 6.45) is 1.56. The predicted octanol–water partition coefficient (Wildman–Crippen LogP) is 5.28. The van der Waals surface area contributed by atoms with Gasteiger partial charge in [-0.25, -0.2) is 9.59 Å². The van der Waals surface area contributed by atoms with E-state index in [1.165, 1.54) is 17.1 Å². The molecule has 3 aromatic rings. The van der Waals surface area contributed by atoms with E-state index in [0.717, 1.165) is 0 Å². The Labute approximate surface area is 199 Å². The van der Waals surface area contributed by atoms with E-state index in [4.69, 9.17) is 20.8 Å². The van der Waals surface area contributed by atoms with E-state index in [2.05, 4.69) is 5.10 Å². The van der Waals surface area contributed by atoms with Crippen molar-refractivity contribution in [2.75, 3.05) is 11.6 Å². The summed E-state index contributed by atoms with van der Waals surface area (Å²) < 4.78 is 10.8. The summed E-state index contributed by atoms with van der Waals surface area (Å²) in [5.41, 5.74) is 2.05. The molecule has 0 fully saturated rings. The predicted molar refractivity (Wildman–Crippen MR) is 127 cm³/mol. The van der Waals surface area contributed by atoms with Crippen LogP contribution in [0.5, 0.6) is 0 Å². The molecule has 0 saturated carbocycles. The molecule has 9 heteroatoms. The van der Waals surface area contributed by atoms with Gasteiger partial charge in [-0.2, -0.15) is 10.1 Å². The number of aromatic carboxylic acids is 1. The van der Waals surface area contributed by atoms with Crippen LogP contribution in [0.2, 0.25) is 5.02 Å². The normalized spacial score (nSPS) is 14.4. The highest BCUT2D eigenvalue weighted by atomic mass is 35.5. The van der Waals surface area contributed by atoms with Crippen LogP contribution in [0, 0.1) is 0 Å². The smallest absolute Gasteiger partial charge is 0.338 e. The van der Waals surface area contributed by atoms with Crippen LogP contribution in [-0.4, -0.2) is 35.3 Å². The van der Waals surface area contributed by atoms with Crippen molar-refractivity contribution in [2.45, 2.75) is 13.8 Å². The standard InChI is InChI=1S/C25H19ClN2O6/c1-3-33-25(32)16-5-4-6-17(11-16)28-23(29)19(14(2)27-28)13-18-8-10-22(34-18)15-7-9-21(26)20(12-15)24(30)31/h4-13H,3H2,1-2H3,(H,30,31)/b19-13+. The van der Waals surface area contributed by atoms with Crippen LogP contribution < -0.4 is 5.01 Å². The van der Waals surface area contributed by atoms with Gasteiger partial charge in [0, 0.05) is 5.56 Å². The van der Waals surface area contributed by atoms with Crippen molar-refractivity contribution in [3.05, 3.63) is 82.1 Å². The average Bonchev–Trinajstić information content (AvgIpc) is 3.40. The van der Waals surface area contributed by atoms with E-state index in [1.54, 1.807) is 62.4 Å².